The molecule has 27 heavy (non-hydrogen) atoms. The lowest BCUT2D eigenvalue weighted by molar-refractivity contribution is -0.118. The molecular formula is C22H21FN2O2. The first-order valence-electron chi connectivity index (χ1n) is 8.64. The Morgan fingerprint density at radius 2 is 1.63 bits per heavy atom. The van der Waals surface area contributed by atoms with Crippen LogP contribution >= 0.6 is 0 Å². The Hall–Kier alpha value is -3.18. The van der Waals surface area contributed by atoms with Gasteiger partial charge in [-0.2, -0.15) is 0 Å². The number of methoxy groups -OCH3 is 1. The summed E-state index contributed by atoms with van der Waals surface area (Å²) >= 11 is 0. The van der Waals surface area contributed by atoms with Gasteiger partial charge in [0.1, 0.15) is 17.6 Å². The minimum Gasteiger partial charge on any atom is -0.496 e. The molecule has 0 aliphatic heterocycles. The second-order valence-electron chi connectivity index (χ2n) is 6.03. The molecule has 1 amide bonds. The van der Waals surface area contributed by atoms with Crippen molar-refractivity contribution in [2.24, 2.45) is 0 Å². The Morgan fingerprint density at radius 3 is 2.33 bits per heavy atom. The summed E-state index contributed by atoms with van der Waals surface area (Å²) in [5, 5.41) is 6.13. The number of amides is 1. The van der Waals surface area contributed by atoms with E-state index in [-0.39, 0.29) is 11.7 Å². The lowest BCUT2D eigenvalue weighted by Gasteiger charge is -2.20. The van der Waals surface area contributed by atoms with Gasteiger partial charge in [0.05, 0.1) is 7.11 Å². The number of nitrogens with one attached hydrogen (secondary N) is 2. The SMILES string of the molecule is COc1ccccc1CNC(C(=O)Nc1ccc(F)cc1)c1ccccc1. The third-order valence-electron chi connectivity index (χ3n) is 4.20. The van der Waals surface area contributed by atoms with E-state index in [0.717, 1.165) is 16.9 Å². The minimum absolute atomic E-state index is 0.220. The van der Waals surface area contributed by atoms with Crippen molar-refractivity contribution < 1.29 is 13.9 Å². The largest absolute Gasteiger partial charge is 0.496 e. The highest BCUT2D eigenvalue weighted by atomic mass is 19.1. The first-order valence-corrected chi connectivity index (χ1v) is 8.64. The molecule has 3 rings (SSSR count). The summed E-state index contributed by atoms with van der Waals surface area (Å²) in [6.07, 6.45) is 0. The van der Waals surface area contributed by atoms with Gasteiger partial charge < -0.3 is 10.1 Å². The maximum atomic E-state index is 13.1. The molecule has 0 aliphatic rings. The zero-order valence-corrected chi connectivity index (χ0v) is 15.0. The number of para-hydroxylation sites is 1. The van der Waals surface area contributed by atoms with Crippen molar-refractivity contribution >= 4 is 11.6 Å². The molecule has 0 saturated carbocycles. The third-order valence-corrected chi connectivity index (χ3v) is 4.20. The highest BCUT2D eigenvalue weighted by Gasteiger charge is 2.20. The number of hydrogen-bond acceptors (Lipinski definition) is 3. The van der Waals surface area contributed by atoms with Crippen LogP contribution in [0.4, 0.5) is 10.1 Å². The van der Waals surface area contributed by atoms with E-state index >= 15 is 0 Å². The van der Waals surface area contributed by atoms with Gasteiger partial charge in [-0.1, -0.05) is 48.5 Å². The van der Waals surface area contributed by atoms with Crippen molar-refractivity contribution in [1.82, 2.24) is 5.32 Å². The fourth-order valence-electron chi connectivity index (χ4n) is 2.82. The average Bonchev–Trinajstić information content (AvgIpc) is 2.71. The first-order chi connectivity index (χ1) is 13.2. The molecule has 3 aromatic rings. The molecule has 0 fully saturated rings. The van der Waals surface area contributed by atoms with Crippen LogP contribution in [-0.4, -0.2) is 13.0 Å². The Labute approximate surface area is 158 Å². The van der Waals surface area contributed by atoms with Crippen LogP contribution in [0.1, 0.15) is 17.2 Å². The molecule has 3 aromatic carbocycles. The Balaban J connectivity index is 1.78. The molecule has 0 aliphatic carbocycles. The number of carbonyl (C=O) groups excluding carboxylic acids is 1. The molecule has 0 saturated heterocycles. The van der Waals surface area contributed by atoms with Crippen LogP contribution in [0.3, 0.4) is 0 Å². The van der Waals surface area contributed by atoms with Crippen molar-refractivity contribution in [3.8, 4) is 5.75 Å². The highest BCUT2D eigenvalue weighted by molar-refractivity contribution is 5.95. The van der Waals surface area contributed by atoms with E-state index in [9.17, 15) is 9.18 Å². The lowest BCUT2D eigenvalue weighted by atomic mass is 10.1. The van der Waals surface area contributed by atoms with Gasteiger partial charge in [0, 0.05) is 17.8 Å². The molecule has 2 N–H and O–H groups in total. The van der Waals surface area contributed by atoms with E-state index in [1.165, 1.54) is 24.3 Å². The van der Waals surface area contributed by atoms with Crippen molar-refractivity contribution in [3.63, 3.8) is 0 Å². The Kier molecular flexibility index (Phi) is 6.18. The van der Waals surface area contributed by atoms with Crippen LogP contribution in [0.2, 0.25) is 0 Å². The Bertz CT molecular complexity index is 882. The molecule has 0 heterocycles. The minimum atomic E-state index is -0.568. The fourth-order valence-corrected chi connectivity index (χ4v) is 2.82. The summed E-state index contributed by atoms with van der Waals surface area (Å²) in [5.41, 5.74) is 2.34. The van der Waals surface area contributed by atoms with Crippen molar-refractivity contribution in [2.45, 2.75) is 12.6 Å². The van der Waals surface area contributed by atoms with Gasteiger partial charge in [0.15, 0.2) is 0 Å². The molecule has 1 atom stereocenters. The van der Waals surface area contributed by atoms with Crippen molar-refractivity contribution in [1.29, 1.82) is 0 Å². The number of hydrogen-bond donors (Lipinski definition) is 2. The van der Waals surface area contributed by atoms with Gasteiger partial charge in [-0.3, -0.25) is 10.1 Å². The molecule has 1 unspecified atom stereocenters. The fraction of sp³-hybridized carbons (Fsp3) is 0.136. The van der Waals surface area contributed by atoms with Gasteiger partial charge in [-0.15, -0.1) is 0 Å². The summed E-state index contributed by atoms with van der Waals surface area (Å²) < 4.78 is 18.5. The quantitative estimate of drug-likeness (QED) is 0.657. The zero-order valence-electron chi connectivity index (χ0n) is 15.0. The maximum Gasteiger partial charge on any atom is 0.246 e. The molecule has 0 radical (unpaired) electrons. The molecule has 0 bridgehead atoms. The summed E-state index contributed by atoms with van der Waals surface area (Å²) in [6.45, 7) is 0.459. The predicted octanol–water partition coefficient (Wildman–Crippen LogP) is 4.30. The van der Waals surface area contributed by atoms with Gasteiger partial charge in [0.2, 0.25) is 5.91 Å². The predicted molar refractivity (Wildman–Crippen MR) is 104 cm³/mol. The number of halogens is 1. The standard InChI is InChI=1S/C22H21FN2O2/c1-27-20-10-6-5-9-17(20)15-24-21(16-7-3-2-4-8-16)22(26)25-19-13-11-18(23)12-14-19/h2-14,21,24H,15H2,1H3,(H,25,26). The van der Waals surface area contributed by atoms with Crippen LogP contribution in [0.25, 0.3) is 0 Å². The van der Waals surface area contributed by atoms with E-state index in [0.29, 0.717) is 12.2 Å². The number of benzene rings is 3. The second-order valence-corrected chi connectivity index (χ2v) is 6.03. The smallest absolute Gasteiger partial charge is 0.246 e. The molecular weight excluding hydrogens is 343 g/mol. The molecule has 5 heteroatoms. The number of anilines is 1. The second kappa shape index (κ2) is 8.96. The molecule has 0 spiro atoms. The summed E-state index contributed by atoms with van der Waals surface area (Å²) in [7, 11) is 1.62. The van der Waals surface area contributed by atoms with Gasteiger partial charge >= 0.3 is 0 Å². The van der Waals surface area contributed by atoms with Crippen LogP contribution < -0.4 is 15.4 Å². The maximum absolute atomic E-state index is 13.1. The number of ether oxygens (including phenoxy) is 1. The number of rotatable bonds is 7. The number of carbonyl (C=O) groups is 1. The van der Waals surface area contributed by atoms with Gasteiger partial charge in [0.25, 0.3) is 0 Å². The monoisotopic (exact) mass is 364 g/mol. The van der Waals surface area contributed by atoms with E-state index in [2.05, 4.69) is 10.6 Å². The summed E-state index contributed by atoms with van der Waals surface area (Å²) in [5.74, 6) is 0.195. The molecule has 138 valence electrons. The van der Waals surface area contributed by atoms with Gasteiger partial charge in [-0.05, 0) is 35.9 Å². The van der Waals surface area contributed by atoms with Crippen LogP contribution in [0.15, 0.2) is 78.9 Å². The zero-order chi connectivity index (χ0) is 19.1. The van der Waals surface area contributed by atoms with Crippen molar-refractivity contribution in [2.75, 3.05) is 12.4 Å². The van der Waals surface area contributed by atoms with Crippen LogP contribution in [-0.2, 0) is 11.3 Å². The topological polar surface area (TPSA) is 50.4 Å². The Morgan fingerprint density at radius 1 is 0.963 bits per heavy atom. The molecule has 4 nitrogen and oxygen atoms in total. The van der Waals surface area contributed by atoms with Crippen LogP contribution in [0.5, 0.6) is 5.75 Å². The van der Waals surface area contributed by atoms with E-state index < -0.39 is 6.04 Å². The van der Waals surface area contributed by atoms with Crippen LogP contribution in [0, 0.1) is 5.82 Å². The highest BCUT2D eigenvalue weighted by Crippen LogP contribution is 2.21. The van der Waals surface area contributed by atoms with Crippen molar-refractivity contribution in [3.05, 3.63) is 95.8 Å². The van der Waals surface area contributed by atoms with Gasteiger partial charge in [-0.25, -0.2) is 4.39 Å². The third kappa shape index (κ3) is 4.92. The summed E-state index contributed by atoms with van der Waals surface area (Å²) in [4.78, 5) is 12.9. The summed E-state index contributed by atoms with van der Waals surface area (Å²) in [6, 6.07) is 22.3. The van der Waals surface area contributed by atoms with E-state index in [1.54, 1.807) is 7.11 Å². The first kappa shape index (κ1) is 18.6. The average molecular weight is 364 g/mol. The molecule has 0 aromatic heterocycles. The van der Waals surface area contributed by atoms with E-state index in [1.807, 2.05) is 54.6 Å². The normalized spacial score (nSPS) is 11.6. The lowest BCUT2D eigenvalue weighted by Crippen LogP contribution is -2.32. The van der Waals surface area contributed by atoms with E-state index in [4.69, 9.17) is 4.74 Å².